The summed E-state index contributed by atoms with van der Waals surface area (Å²) in [5.74, 6) is 0. The summed E-state index contributed by atoms with van der Waals surface area (Å²) in [6, 6.07) is 18.2. The maximum absolute atomic E-state index is 11.3. The van der Waals surface area contributed by atoms with Crippen molar-refractivity contribution < 1.29 is 5.11 Å². The highest BCUT2D eigenvalue weighted by atomic mass is 32.2. The van der Waals surface area contributed by atoms with Gasteiger partial charge in [0.2, 0.25) is 0 Å². The molecule has 1 aliphatic rings. The van der Waals surface area contributed by atoms with Gasteiger partial charge in [0, 0.05) is 4.90 Å². The molecular formula is C19H18OS. The Balaban J connectivity index is 2.09. The van der Waals surface area contributed by atoms with Crippen molar-refractivity contribution >= 4 is 17.3 Å². The van der Waals surface area contributed by atoms with Crippen LogP contribution in [0.5, 0.6) is 0 Å². The van der Waals surface area contributed by atoms with Gasteiger partial charge in [0.1, 0.15) is 5.60 Å². The van der Waals surface area contributed by atoms with Crippen molar-refractivity contribution in [2.75, 3.05) is 6.26 Å². The van der Waals surface area contributed by atoms with Gasteiger partial charge < -0.3 is 5.11 Å². The van der Waals surface area contributed by atoms with Gasteiger partial charge in [0.15, 0.2) is 0 Å². The second kappa shape index (κ2) is 5.92. The van der Waals surface area contributed by atoms with Gasteiger partial charge >= 0.3 is 0 Å². The van der Waals surface area contributed by atoms with Gasteiger partial charge in [-0.1, -0.05) is 54.6 Å². The highest BCUT2D eigenvalue weighted by molar-refractivity contribution is 7.98. The van der Waals surface area contributed by atoms with E-state index in [-0.39, 0.29) is 0 Å². The van der Waals surface area contributed by atoms with Crippen molar-refractivity contribution in [3.63, 3.8) is 0 Å². The molecule has 0 bridgehead atoms. The fraction of sp³-hybridized carbons (Fsp3) is 0.158. The molecule has 1 aliphatic carbocycles. The first-order valence-corrected chi connectivity index (χ1v) is 8.27. The average molecular weight is 294 g/mol. The maximum atomic E-state index is 11.3. The first-order chi connectivity index (χ1) is 10.2. The average Bonchev–Trinajstić information content (AvgIpc) is 2.56. The lowest BCUT2D eigenvalue weighted by atomic mass is 9.79. The fourth-order valence-electron chi connectivity index (χ4n) is 2.74. The zero-order valence-electron chi connectivity index (χ0n) is 12.0. The van der Waals surface area contributed by atoms with E-state index in [2.05, 4.69) is 30.5 Å². The Kier molecular flexibility index (Phi) is 4.00. The zero-order valence-corrected chi connectivity index (χ0v) is 12.8. The van der Waals surface area contributed by atoms with E-state index >= 15 is 0 Å². The molecule has 0 radical (unpaired) electrons. The standard InChI is InChI=1S/C19H18OS/c1-21-17-11-7-8-15(14-17)18-12-5-6-13-19(18,20)16-9-3-2-4-10-16/h2-4,6-14,20H,5H2,1H3. The lowest BCUT2D eigenvalue weighted by molar-refractivity contribution is 0.152. The zero-order chi connectivity index (χ0) is 14.7. The number of aliphatic hydroxyl groups is 1. The Morgan fingerprint density at radius 1 is 1.05 bits per heavy atom. The largest absolute Gasteiger partial charge is 0.377 e. The second-order valence-electron chi connectivity index (χ2n) is 5.12. The Bertz CT molecular complexity index is 688. The van der Waals surface area contributed by atoms with Crippen LogP contribution >= 0.6 is 11.8 Å². The second-order valence-corrected chi connectivity index (χ2v) is 6.00. The van der Waals surface area contributed by atoms with Gasteiger partial charge in [-0.15, -0.1) is 11.8 Å². The molecule has 0 heterocycles. The van der Waals surface area contributed by atoms with Crippen LogP contribution < -0.4 is 0 Å². The molecular weight excluding hydrogens is 276 g/mol. The van der Waals surface area contributed by atoms with E-state index in [0.717, 1.165) is 23.1 Å². The Morgan fingerprint density at radius 3 is 2.62 bits per heavy atom. The summed E-state index contributed by atoms with van der Waals surface area (Å²) in [7, 11) is 0. The smallest absolute Gasteiger partial charge is 0.133 e. The van der Waals surface area contributed by atoms with E-state index in [1.807, 2.05) is 48.6 Å². The van der Waals surface area contributed by atoms with Crippen molar-refractivity contribution in [2.24, 2.45) is 0 Å². The number of hydrogen-bond donors (Lipinski definition) is 1. The van der Waals surface area contributed by atoms with E-state index in [9.17, 15) is 5.11 Å². The Morgan fingerprint density at radius 2 is 1.86 bits per heavy atom. The molecule has 2 aromatic rings. The molecule has 0 aromatic heterocycles. The molecule has 1 nitrogen and oxygen atoms in total. The summed E-state index contributed by atoms with van der Waals surface area (Å²) in [5.41, 5.74) is 1.91. The van der Waals surface area contributed by atoms with Crippen LogP contribution in [0.1, 0.15) is 17.5 Å². The van der Waals surface area contributed by atoms with E-state index in [0.29, 0.717) is 0 Å². The van der Waals surface area contributed by atoms with Gasteiger partial charge in [-0.25, -0.2) is 0 Å². The van der Waals surface area contributed by atoms with Gasteiger partial charge in [0.25, 0.3) is 0 Å². The summed E-state index contributed by atoms with van der Waals surface area (Å²) < 4.78 is 0. The molecule has 1 atom stereocenters. The number of hydrogen-bond acceptors (Lipinski definition) is 2. The quantitative estimate of drug-likeness (QED) is 0.657. The van der Waals surface area contributed by atoms with Crippen molar-refractivity contribution in [3.8, 4) is 0 Å². The lowest BCUT2D eigenvalue weighted by Gasteiger charge is -2.31. The first kappa shape index (κ1) is 14.2. The summed E-state index contributed by atoms with van der Waals surface area (Å²) in [4.78, 5) is 1.21. The molecule has 2 aromatic carbocycles. The van der Waals surface area contributed by atoms with Crippen LogP contribution in [0.3, 0.4) is 0 Å². The van der Waals surface area contributed by atoms with Crippen LogP contribution in [-0.2, 0) is 5.60 Å². The molecule has 0 spiro atoms. The predicted octanol–water partition coefficient (Wildman–Crippen LogP) is 4.64. The lowest BCUT2D eigenvalue weighted by Crippen LogP contribution is -2.26. The molecule has 21 heavy (non-hydrogen) atoms. The SMILES string of the molecule is CSc1cccc(C2=CCC=CC2(O)c2ccccc2)c1. The topological polar surface area (TPSA) is 20.2 Å². The van der Waals surface area contributed by atoms with Crippen molar-refractivity contribution in [1.29, 1.82) is 0 Å². The summed E-state index contributed by atoms with van der Waals surface area (Å²) in [6.45, 7) is 0. The monoisotopic (exact) mass is 294 g/mol. The van der Waals surface area contributed by atoms with Gasteiger partial charge in [-0.3, -0.25) is 0 Å². The number of benzene rings is 2. The minimum absolute atomic E-state index is 0.855. The molecule has 3 rings (SSSR count). The van der Waals surface area contributed by atoms with Crippen LogP contribution in [0.15, 0.2) is 77.7 Å². The summed E-state index contributed by atoms with van der Waals surface area (Å²) in [6.07, 6.45) is 8.97. The molecule has 1 N–H and O–H groups in total. The first-order valence-electron chi connectivity index (χ1n) is 7.05. The van der Waals surface area contributed by atoms with Gasteiger partial charge in [-0.05, 0) is 47.6 Å². The van der Waals surface area contributed by atoms with Crippen molar-refractivity contribution in [2.45, 2.75) is 16.9 Å². The summed E-state index contributed by atoms with van der Waals surface area (Å²) >= 11 is 1.72. The number of allylic oxidation sites excluding steroid dienone is 2. The van der Waals surface area contributed by atoms with E-state index in [1.165, 1.54) is 4.90 Å². The molecule has 1 unspecified atom stereocenters. The van der Waals surface area contributed by atoms with Crippen LogP contribution in [0.25, 0.3) is 5.57 Å². The summed E-state index contributed by atoms with van der Waals surface area (Å²) in [5, 5.41) is 11.3. The Labute approximate surface area is 130 Å². The maximum Gasteiger partial charge on any atom is 0.133 e. The molecule has 106 valence electrons. The molecule has 0 aliphatic heterocycles. The predicted molar refractivity (Wildman–Crippen MR) is 90.3 cm³/mol. The molecule has 2 heteroatoms. The molecule has 0 saturated heterocycles. The van der Waals surface area contributed by atoms with Crippen LogP contribution in [0, 0.1) is 0 Å². The van der Waals surface area contributed by atoms with Crippen molar-refractivity contribution in [1.82, 2.24) is 0 Å². The Hall–Kier alpha value is -1.77. The third kappa shape index (κ3) is 2.69. The van der Waals surface area contributed by atoms with Gasteiger partial charge in [-0.2, -0.15) is 0 Å². The highest BCUT2D eigenvalue weighted by Crippen LogP contribution is 2.40. The number of thioether (sulfide) groups is 1. The molecule has 0 saturated carbocycles. The fourth-order valence-corrected chi connectivity index (χ4v) is 3.20. The van der Waals surface area contributed by atoms with E-state index in [4.69, 9.17) is 0 Å². The van der Waals surface area contributed by atoms with E-state index in [1.54, 1.807) is 11.8 Å². The third-order valence-electron chi connectivity index (χ3n) is 3.82. The molecule has 0 fully saturated rings. The highest BCUT2D eigenvalue weighted by Gasteiger charge is 2.33. The van der Waals surface area contributed by atoms with Crippen LogP contribution in [-0.4, -0.2) is 11.4 Å². The minimum atomic E-state index is -1.05. The number of rotatable bonds is 3. The van der Waals surface area contributed by atoms with Crippen molar-refractivity contribution in [3.05, 3.63) is 84.0 Å². The minimum Gasteiger partial charge on any atom is -0.377 e. The normalized spacial score (nSPS) is 21.1. The molecule has 0 amide bonds. The third-order valence-corrected chi connectivity index (χ3v) is 4.55. The van der Waals surface area contributed by atoms with Gasteiger partial charge in [0.05, 0.1) is 0 Å². The van der Waals surface area contributed by atoms with Crippen LogP contribution in [0.2, 0.25) is 0 Å². The van der Waals surface area contributed by atoms with E-state index < -0.39 is 5.60 Å². The van der Waals surface area contributed by atoms with Crippen LogP contribution in [0.4, 0.5) is 0 Å².